The van der Waals surface area contributed by atoms with E-state index in [0.29, 0.717) is 0 Å². The Labute approximate surface area is 94.4 Å². The minimum absolute atomic E-state index is 0.102. The van der Waals surface area contributed by atoms with Crippen molar-refractivity contribution < 1.29 is 18.0 Å². The Morgan fingerprint density at radius 3 is 2.50 bits per heavy atom. The fourth-order valence-corrected chi connectivity index (χ4v) is 1.22. The average molecular weight is 253 g/mol. The van der Waals surface area contributed by atoms with E-state index in [2.05, 4.69) is 5.32 Å². The number of hydrogen-bond acceptors (Lipinski definition) is 2. The second-order valence-corrected chi connectivity index (χ2v) is 3.35. The third kappa shape index (κ3) is 3.11. The molecule has 88 valence electrons. The van der Waals surface area contributed by atoms with Crippen LogP contribution in [0.15, 0.2) is 18.2 Å². The van der Waals surface area contributed by atoms with Crippen LogP contribution >= 0.6 is 11.6 Å². The highest BCUT2D eigenvalue weighted by molar-refractivity contribution is 6.33. The molecule has 3 N–H and O–H groups in total. The van der Waals surface area contributed by atoms with Crippen molar-refractivity contribution in [3.8, 4) is 0 Å². The molecule has 0 aromatic heterocycles. The van der Waals surface area contributed by atoms with Crippen LogP contribution in [0.3, 0.4) is 0 Å². The van der Waals surface area contributed by atoms with Crippen molar-refractivity contribution in [2.75, 3.05) is 11.9 Å². The molecule has 0 bridgehead atoms. The van der Waals surface area contributed by atoms with Gasteiger partial charge < -0.3 is 11.1 Å². The highest BCUT2D eigenvalue weighted by atomic mass is 35.5. The lowest BCUT2D eigenvalue weighted by Crippen LogP contribution is -2.22. The van der Waals surface area contributed by atoms with Crippen molar-refractivity contribution in [1.29, 1.82) is 0 Å². The molecule has 1 amide bonds. The maximum atomic E-state index is 12.3. The molecule has 1 rings (SSSR count). The van der Waals surface area contributed by atoms with Gasteiger partial charge in [0.1, 0.15) is 0 Å². The van der Waals surface area contributed by atoms with Gasteiger partial charge in [-0.25, -0.2) is 0 Å². The minimum Gasteiger partial charge on any atom is -0.324 e. The number of hydrogen-bond donors (Lipinski definition) is 2. The van der Waals surface area contributed by atoms with E-state index in [1.165, 1.54) is 0 Å². The number of carbonyl (C=O) groups is 1. The van der Waals surface area contributed by atoms with Crippen LogP contribution in [0.2, 0.25) is 5.02 Å². The number of benzene rings is 1. The summed E-state index contributed by atoms with van der Waals surface area (Å²) in [4.78, 5) is 10.9. The number of nitrogens with one attached hydrogen (secondary N) is 1. The molecule has 0 aliphatic rings. The molecule has 0 aliphatic carbocycles. The Morgan fingerprint density at radius 2 is 2.06 bits per heavy atom. The molecule has 0 heterocycles. The van der Waals surface area contributed by atoms with Crippen molar-refractivity contribution in [3.05, 3.63) is 28.8 Å². The van der Waals surface area contributed by atoms with Crippen molar-refractivity contribution in [1.82, 2.24) is 0 Å². The molecule has 0 atom stereocenters. The predicted molar refractivity (Wildman–Crippen MR) is 54.1 cm³/mol. The van der Waals surface area contributed by atoms with E-state index >= 15 is 0 Å². The first-order valence-corrected chi connectivity index (χ1v) is 4.59. The quantitative estimate of drug-likeness (QED) is 0.848. The highest BCUT2D eigenvalue weighted by Crippen LogP contribution is 2.33. The number of carbonyl (C=O) groups excluding carboxylic acids is 1. The van der Waals surface area contributed by atoms with Gasteiger partial charge in [0.05, 0.1) is 22.8 Å². The zero-order chi connectivity index (χ0) is 12.3. The smallest absolute Gasteiger partial charge is 0.324 e. The topological polar surface area (TPSA) is 55.1 Å². The van der Waals surface area contributed by atoms with Crippen LogP contribution in [-0.2, 0) is 11.0 Å². The fraction of sp³-hybridized carbons (Fsp3) is 0.222. The molecular formula is C9H8ClF3N2O. The lowest BCUT2D eigenvalue weighted by molar-refractivity contribution is -0.137. The summed E-state index contributed by atoms with van der Waals surface area (Å²) in [6.07, 6.45) is -4.46. The molecule has 0 saturated heterocycles. The van der Waals surface area contributed by atoms with Crippen LogP contribution in [-0.4, -0.2) is 12.5 Å². The zero-order valence-electron chi connectivity index (χ0n) is 7.94. The van der Waals surface area contributed by atoms with Crippen molar-refractivity contribution in [2.45, 2.75) is 6.18 Å². The fourth-order valence-electron chi connectivity index (χ4n) is 0.994. The van der Waals surface area contributed by atoms with Crippen LogP contribution in [0, 0.1) is 0 Å². The Bertz CT molecular complexity index is 406. The molecular weight excluding hydrogens is 245 g/mol. The monoisotopic (exact) mass is 252 g/mol. The van der Waals surface area contributed by atoms with Crippen LogP contribution in [0.5, 0.6) is 0 Å². The molecule has 16 heavy (non-hydrogen) atoms. The third-order valence-electron chi connectivity index (χ3n) is 1.76. The van der Waals surface area contributed by atoms with E-state index in [1.807, 2.05) is 0 Å². The Kier molecular flexibility index (Phi) is 3.77. The molecule has 0 unspecified atom stereocenters. The Morgan fingerprint density at radius 1 is 1.44 bits per heavy atom. The summed E-state index contributed by atoms with van der Waals surface area (Å²) in [5, 5.41) is 2.09. The van der Waals surface area contributed by atoms with Crippen LogP contribution in [0.4, 0.5) is 18.9 Å². The number of anilines is 1. The van der Waals surface area contributed by atoms with Gasteiger partial charge in [0.15, 0.2) is 0 Å². The first-order chi connectivity index (χ1) is 7.34. The van der Waals surface area contributed by atoms with Gasteiger partial charge in [0.2, 0.25) is 5.91 Å². The molecule has 0 aliphatic heterocycles. The second kappa shape index (κ2) is 4.71. The zero-order valence-corrected chi connectivity index (χ0v) is 8.69. The summed E-state index contributed by atoms with van der Waals surface area (Å²) in [6.45, 7) is -0.267. The summed E-state index contributed by atoms with van der Waals surface area (Å²) in [5.74, 6) is -0.526. The van der Waals surface area contributed by atoms with Crippen LogP contribution in [0.25, 0.3) is 0 Å². The third-order valence-corrected chi connectivity index (χ3v) is 2.07. The van der Waals surface area contributed by atoms with Gasteiger partial charge in [-0.05, 0) is 18.2 Å². The number of amides is 1. The normalized spacial score (nSPS) is 11.3. The van der Waals surface area contributed by atoms with Gasteiger partial charge in [-0.2, -0.15) is 13.2 Å². The number of rotatable bonds is 2. The minimum atomic E-state index is -4.46. The van der Waals surface area contributed by atoms with Gasteiger partial charge in [-0.3, -0.25) is 4.79 Å². The van der Waals surface area contributed by atoms with Crippen molar-refractivity contribution in [3.63, 3.8) is 0 Å². The first-order valence-electron chi connectivity index (χ1n) is 4.21. The molecule has 0 radical (unpaired) electrons. The Balaban J connectivity index is 2.96. The maximum Gasteiger partial charge on any atom is 0.416 e. The van der Waals surface area contributed by atoms with Gasteiger partial charge in [0, 0.05) is 0 Å². The average Bonchev–Trinajstić information content (AvgIpc) is 2.19. The van der Waals surface area contributed by atoms with Gasteiger partial charge in [-0.15, -0.1) is 0 Å². The van der Waals surface area contributed by atoms with Crippen molar-refractivity contribution in [2.24, 2.45) is 5.73 Å². The van der Waals surface area contributed by atoms with Gasteiger partial charge in [0.25, 0.3) is 0 Å². The highest BCUT2D eigenvalue weighted by Gasteiger charge is 2.30. The summed E-state index contributed by atoms with van der Waals surface area (Å²) in [7, 11) is 0. The lowest BCUT2D eigenvalue weighted by Gasteiger charge is -2.10. The van der Waals surface area contributed by atoms with Gasteiger partial charge >= 0.3 is 6.18 Å². The molecule has 1 aromatic rings. The van der Waals surface area contributed by atoms with E-state index in [1.54, 1.807) is 0 Å². The molecule has 1 aromatic carbocycles. The summed E-state index contributed by atoms with van der Waals surface area (Å²) >= 11 is 5.58. The number of alkyl halides is 3. The van der Waals surface area contributed by atoms with Crippen LogP contribution in [0.1, 0.15) is 5.56 Å². The molecule has 0 fully saturated rings. The first kappa shape index (κ1) is 12.8. The molecule has 7 heteroatoms. The second-order valence-electron chi connectivity index (χ2n) is 2.94. The van der Waals surface area contributed by atoms with E-state index in [4.69, 9.17) is 17.3 Å². The predicted octanol–water partition coefficient (Wildman–Crippen LogP) is 2.26. The SMILES string of the molecule is NCC(=O)Nc1ccc(C(F)(F)F)cc1Cl. The lowest BCUT2D eigenvalue weighted by atomic mass is 10.2. The maximum absolute atomic E-state index is 12.3. The van der Waals surface area contributed by atoms with Crippen molar-refractivity contribution >= 4 is 23.2 Å². The summed E-state index contributed by atoms with van der Waals surface area (Å²) in [6, 6.07) is 2.66. The van der Waals surface area contributed by atoms with Crippen LogP contribution < -0.4 is 11.1 Å². The molecule has 0 spiro atoms. The summed E-state index contributed by atoms with van der Waals surface area (Å²) < 4.78 is 36.8. The van der Waals surface area contributed by atoms with Gasteiger partial charge in [-0.1, -0.05) is 11.6 Å². The molecule has 3 nitrogen and oxygen atoms in total. The van der Waals surface area contributed by atoms with E-state index in [9.17, 15) is 18.0 Å². The summed E-state index contributed by atoms with van der Waals surface area (Å²) in [5.41, 5.74) is 4.26. The van der Waals surface area contributed by atoms with E-state index < -0.39 is 17.6 Å². The Hall–Kier alpha value is -1.27. The standard InChI is InChI=1S/C9H8ClF3N2O/c10-6-3-5(9(11,12)13)1-2-7(6)15-8(16)4-14/h1-3H,4,14H2,(H,15,16). The molecule has 0 saturated carbocycles. The largest absolute Gasteiger partial charge is 0.416 e. The van der Waals surface area contributed by atoms with E-state index in [0.717, 1.165) is 18.2 Å². The van der Waals surface area contributed by atoms with E-state index in [-0.39, 0.29) is 17.3 Å². The number of nitrogens with two attached hydrogens (primary N) is 1. The number of halogens is 4.